The number of unbranched alkanes of at least 4 members (excludes halogenated alkanes) is 25. The van der Waals surface area contributed by atoms with E-state index >= 15 is 0 Å². The molecule has 0 atom stereocenters. The summed E-state index contributed by atoms with van der Waals surface area (Å²) in [6.45, 7) is -2.84. The third kappa shape index (κ3) is 41.2. The molecule has 790 valence electrons. The summed E-state index contributed by atoms with van der Waals surface area (Å²) in [5.41, 5.74) is 28.7. The van der Waals surface area contributed by atoms with Gasteiger partial charge in [0.1, 0.15) is 28.7 Å². The summed E-state index contributed by atoms with van der Waals surface area (Å²) >= 11 is 0. The summed E-state index contributed by atoms with van der Waals surface area (Å²) < 4.78 is 147. The first-order chi connectivity index (χ1) is 73.3. The Morgan fingerprint density at radius 3 is 0.420 bits per heavy atom. The van der Waals surface area contributed by atoms with Crippen LogP contribution in [0.2, 0.25) is 0 Å². The monoisotopic (exact) mass is 2040 g/mol. The van der Waals surface area contributed by atoms with Crippen molar-refractivity contribution in [2.75, 3.05) is 0 Å². The van der Waals surface area contributed by atoms with Gasteiger partial charge in [0, 0.05) is 0 Å². The van der Waals surface area contributed by atoms with Crippen LogP contribution in [0, 0.1) is 0 Å². The van der Waals surface area contributed by atoms with Crippen LogP contribution in [0.5, 0.6) is 28.7 Å². The first-order valence-electron chi connectivity index (χ1n) is 54.5. The minimum absolute atomic E-state index is 0.174. The number of ether oxygens (including phenoxy) is 5. The molecule has 5 nitrogen and oxygen atoms in total. The Kier molecular flexibility index (Phi) is 52.1. The van der Waals surface area contributed by atoms with E-state index in [9.17, 15) is 43.9 Å². The molecule has 0 aliphatic carbocycles. The predicted octanol–water partition coefficient (Wildman–Crippen LogP) is 42.6. The maximum Gasteiger partial charge on any atom is 0.387 e. The molecule has 0 aliphatic heterocycles. The maximum atomic E-state index is 12.5. The Morgan fingerprint density at radius 1 is 0.140 bits per heavy atom. The fourth-order valence-electron chi connectivity index (χ4n) is 18.9. The molecule has 0 spiro atoms. The van der Waals surface area contributed by atoms with Crippen LogP contribution >= 0.6 is 0 Å². The van der Waals surface area contributed by atoms with Crippen molar-refractivity contribution < 1.29 is 67.6 Å². The van der Waals surface area contributed by atoms with E-state index < -0.39 is 33.1 Å². The molecule has 0 amide bonds. The van der Waals surface area contributed by atoms with Crippen molar-refractivity contribution in [3.63, 3.8) is 0 Å². The van der Waals surface area contributed by atoms with Crippen LogP contribution in [0.3, 0.4) is 0 Å². The van der Waals surface area contributed by atoms with Crippen LogP contribution in [-0.4, -0.2) is 33.1 Å². The Bertz CT molecular complexity index is 6210. The van der Waals surface area contributed by atoms with Crippen molar-refractivity contribution >= 4 is 0 Å². The standard InChI is InChI=1S/C29H34F2O.C28H32F2O.C27H30F2O.C26H28F2O.C25H26F2O/c1-2-3-4-5-6-7-8-10-13-23-16-21-27(28(22-23)24-14-11-9-12-15-24)25-17-19-26(20-18-25)32-29(30)31;1-2-3-4-5-6-7-9-12-22-15-20-26(27(21-22)23-13-10-8-11-14-23)24-16-18-25(19-17-24)31-28(29)30;1-2-3-4-5-6-8-11-21-14-19-25(26(20-21)22-12-9-7-10-13-22)23-15-17-24(18-16-23)30-27(28)29;1-2-3-4-5-7-10-20-13-18-24(25(19-20)21-11-8-6-9-12-21)22-14-16-23(17-15-22)29-26(27)28;1-2-3-4-6-9-19-12-17-23(24(18-19)20-10-7-5-8-11-20)21-13-15-22(16-14-21)28-25(26)27/h9,11-12,14-22,29H,2-8,10,13H2,1H3;8,10-11,13-21,28H,2-7,9,12H2,1H3;7,9-10,12-20,27H,2-6,8,11H2,1H3;6,8-9,11-19,26H,2-5,7,10H2,1H3;5,7-8,10-18,25H,2-4,6,9H2,1H3. The van der Waals surface area contributed by atoms with E-state index in [0.29, 0.717) is 0 Å². The number of aryl methyl sites for hydroxylation is 5. The first kappa shape index (κ1) is 117. The van der Waals surface area contributed by atoms with Gasteiger partial charge in [-0.15, -0.1) is 0 Å². The van der Waals surface area contributed by atoms with Gasteiger partial charge in [0.05, 0.1) is 0 Å². The van der Waals surface area contributed by atoms with E-state index in [1.165, 1.54) is 243 Å². The van der Waals surface area contributed by atoms with Crippen molar-refractivity contribution in [3.05, 3.63) is 392 Å². The smallest absolute Gasteiger partial charge is 0.387 e. The number of hydrogen-bond acceptors (Lipinski definition) is 5. The van der Waals surface area contributed by atoms with E-state index in [1.54, 1.807) is 60.7 Å². The molecular formula is C135H150F10O5. The SMILES string of the molecule is CCCCCCCCCCc1ccc(-c2ccc(OC(F)F)cc2)c(-c2ccccc2)c1.CCCCCCCCCc1ccc(-c2ccc(OC(F)F)cc2)c(-c2ccccc2)c1.CCCCCCCCc1ccc(-c2ccc(OC(F)F)cc2)c(-c2ccccc2)c1.CCCCCCCc1ccc(-c2ccc(OC(F)F)cc2)c(-c2ccccc2)c1.CCCCCCc1ccc(-c2ccc(OC(F)F)cc2)c(-c2ccccc2)c1. The molecule has 15 rings (SSSR count). The van der Waals surface area contributed by atoms with Crippen molar-refractivity contribution in [1.29, 1.82) is 0 Å². The highest BCUT2D eigenvalue weighted by Gasteiger charge is 2.20. The number of hydrogen-bond donors (Lipinski definition) is 0. The summed E-state index contributed by atoms with van der Waals surface area (Å²) in [6, 6.07) is 119. The Balaban J connectivity index is 0.000000178. The van der Waals surface area contributed by atoms with E-state index in [2.05, 4.69) is 210 Å². The van der Waals surface area contributed by atoms with Crippen LogP contribution in [0.4, 0.5) is 43.9 Å². The molecule has 0 radical (unpaired) electrons. The van der Waals surface area contributed by atoms with Gasteiger partial charge in [0.25, 0.3) is 0 Å². The normalized spacial score (nSPS) is 11.1. The molecule has 15 aromatic carbocycles. The van der Waals surface area contributed by atoms with Crippen LogP contribution in [0.1, 0.15) is 255 Å². The molecule has 150 heavy (non-hydrogen) atoms. The summed E-state index contributed by atoms with van der Waals surface area (Å²) in [7, 11) is 0. The largest absolute Gasteiger partial charge is 0.435 e. The highest BCUT2D eigenvalue weighted by atomic mass is 19.3. The van der Waals surface area contributed by atoms with Gasteiger partial charge < -0.3 is 23.7 Å². The third-order valence-electron chi connectivity index (χ3n) is 26.9. The van der Waals surface area contributed by atoms with Gasteiger partial charge in [0.2, 0.25) is 0 Å². The maximum absolute atomic E-state index is 12.5. The molecule has 15 aromatic rings. The van der Waals surface area contributed by atoms with Gasteiger partial charge >= 0.3 is 33.1 Å². The lowest BCUT2D eigenvalue weighted by molar-refractivity contribution is -0.0505. The third-order valence-corrected chi connectivity index (χ3v) is 26.9. The second-order valence-electron chi connectivity index (χ2n) is 38.3. The number of rotatable bonds is 55. The van der Waals surface area contributed by atoms with Crippen LogP contribution < -0.4 is 23.7 Å². The molecule has 0 aliphatic rings. The van der Waals surface area contributed by atoms with E-state index in [-0.39, 0.29) is 28.7 Å². The van der Waals surface area contributed by atoms with Crippen molar-refractivity contribution in [3.8, 4) is 140 Å². The second-order valence-corrected chi connectivity index (χ2v) is 38.3. The van der Waals surface area contributed by atoms with E-state index in [0.717, 1.165) is 121 Å². The quantitative estimate of drug-likeness (QED) is 0.0281. The Labute approximate surface area is 886 Å². The lowest BCUT2D eigenvalue weighted by Gasteiger charge is -2.14. The highest BCUT2D eigenvalue weighted by Crippen LogP contribution is 2.42. The zero-order valence-corrected chi connectivity index (χ0v) is 88.1. The zero-order chi connectivity index (χ0) is 106. The number of benzene rings is 15. The summed E-state index contributed by atoms with van der Waals surface area (Å²) in [5.74, 6) is 0.878. The highest BCUT2D eigenvalue weighted by molar-refractivity contribution is 5.89. The molecule has 0 aromatic heterocycles. The van der Waals surface area contributed by atoms with E-state index in [1.807, 2.05) is 152 Å². The fraction of sp³-hybridized carbons (Fsp3) is 0.333. The van der Waals surface area contributed by atoms with Gasteiger partial charge in [-0.25, -0.2) is 0 Å². The van der Waals surface area contributed by atoms with Gasteiger partial charge in [-0.05, 0) is 264 Å². The van der Waals surface area contributed by atoms with Crippen LogP contribution in [0.15, 0.2) is 364 Å². The van der Waals surface area contributed by atoms with E-state index in [4.69, 9.17) is 0 Å². The summed E-state index contributed by atoms with van der Waals surface area (Å²) in [5, 5.41) is 0. The molecule has 0 bridgehead atoms. The fourth-order valence-corrected chi connectivity index (χ4v) is 18.9. The van der Waals surface area contributed by atoms with Crippen molar-refractivity contribution in [2.24, 2.45) is 0 Å². The first-order valence-corrected chi connectivity index (χ1v) is 54.5. The molecule has 15 heteroatoms. The van der Waals surface area contributed by atoms with Gasteiger partial charge in [0.15, 0.2) is 0 Å². The molecule has 0 saturated carbocycles. The zero-order valence-electron chi connectivity index (χ0n) is 88.1. The molecule has 0 heterocycles. The second kappa shape index (κ2) is 66.9. The molecule has 0 N–H and O–H groups in total. The lowest BCUT2D eigenvalue weighted by atomic mass is 9.91. The van der Waals surface area contributed by atoms with Crippen LogP contribution in [-0.2, 0) is 32.1 Å². The predicted molar refractivity (Wildman–Crippen MR) is 605 cm³/mol. The summed E-state index contributed by atoms with van der Waals surface area (Å²) in [4.78, 5) is 0. The number of alkyl halides is 10. The van der Waals surface area contributed by atoms with Gasteiger partial charge in [-0.2, -0.15) is 43.9 Å². The number of halogens is 10. The van der Waals surface area contributed by atoms with Crippen molar-refractivity contribution in [2.45, 2.75) is 292 Å². The molecule has 0 unspecified atom stereocenters. The Morgan fingerprint density at radius 2 is 0.273 bits per heavy atom. The molecule has 0 saturated heterocycles. The summed E-state index contributed by atoms with van der Waals surface area (Å²) in [6.07, 6.45) is 44.1. The lowest BCUT2D eigenvalue weighted by Crippen LogP contribution is -2.01. The molecule has 0 fully saturated rings. The van der Waals surface area contributed by atoms with Gasteiger partial charge in [-0.1, -0.05) is 498 Å². The average molecular weight is 2040 g/mol. The minimum atomic E-state index is -2.81. The van der Waals surface area contributed by atoms with Crippen molar-refractivity contribution in [1.82, 2.24) is 0 Å². The molecular weight excluding hydrogens is 1890 g/mol. The minimum Gasteiger partial charge on any atom is -0.435 e. The topological polar surface area (TPSA) is 46.2 Å². The average Bonchev–Trinajstić information content (AvgIpc) is 0.819. The Hall–Kier alpha value is -13.4. The van der Waals surface area contributed by atoms with Crippen LogP contribution in [0.25, 0.3) is 111 Å². The van der Waals surface area contributed by atoms with Gasteiger partial charge in [-0.3, -0.25) is 0 Å².